The average molecular weight is 500 g/mol. The van der Waals surface area contributed by atoms with E-state index in [0.29, 0.717) is 0 Å². The maximum absolute atomic E-state index is 12.8. The lowest BCUT2D eigenvalue weighted by atomic mass is 9.99. The second kappa shape index (κ2) is 13.0. The molecule has 196 valence electrons. The van der Waals surface area contributed by atoms with Crippen LogP contribution in [-0.4, -0.2) is 49.2 Å². The normalized spacial score (nSPS) is 14.6. The van der Waals surface area contributed by atoms with Crippen LogP contribution in [0.1, 0.15) is 87.7 Å². The van der Waals surface area contributed by atoms with E-state index in [1.807, 2.05) is 13.0 Å². The van der Waals surface area contributed by atoms with E-state index in [1.54, 1.807) is 0 Å². The summed E-state index contributed by atoms with van der Waals surface area (Å²) in [6.45, 7) is 8.13. The van der Waals surface area contributed by atoms with E-state index in [4.69, 9.17) is 5.11 Å². The Morgan fingerprint density at radius 2 is 1.58 bits per heavy atom. The maximum atomic E-state index is 12.8. The fourth-order valence-corrected chi connectivity index (χ4v) is 4.23. The molecular weight excluding hydrogens is 462 g/mol. The third kappa shape index (κ3) is 7.73. The van der Waals surface area contributed by atoms with Crippen molar-refractivity contribution in [3.8, 4) is 11.5 Å². The predicted octanol–water partition coefficient (Wildman–Crippen LogP) is 5.33. The van der Waals surface area contributed by atoms with Crippen LogP contribution in [0.2, 0.25) is 0 Å². The lowest BCUT2D eigenvalue weighted by Crippen LogP contribution is -2.41. The van der Waals surface area contributed by atoms with E-state index in [9.17, 15) is 29.7 Å². The lowest BCUT2D eigenvalue weighted by Gasteiger charge is -2.23. The summed E-state index contributed by atoms with van der Waals surface area (Å²) in [6, 6.07) is -0.0865. The van der Waals surface area contributed by atoms with Crippen molar-refractivity contribution in [3.05, 3.63) is 57.7 Å². The summed E-state index contributed by atoms with van der Waals surface area (Å²) in [5.74, 6) is -3.61. The number of carboxylic acids is 2. The van der Waals surface area contributed by atoms with Gasteiger partial charge in [-0.2, -0.15) is 0 Å². The van der Waals surface area contributed by atoms with Crippen LogP contribution in [0.25, 0.3) is 0 Å². The van der Waals surface area contributed by atoms with Crippen LogP contribution in [0, 0.1) is 0 Å². The first-order chi connectivity index (χ1) is 16.9. The number of rotatable bonds is 13. The van der Waals surface area contributed by atoms with Crippen molar-refractivity contribution in [2.45, 2.75) is 85.2 Å². The number of hydrogen-bond donors (Lipinski definition) is 4. The quantitative estimate of drug-likeness (QED) is 0.269. The van der Waals surface area contributed by atoms with Crippen LogP contribution in [0.3, 0.4) is 0 Å². The third-order valence-corrected chi connectivity index (χ3v) is 6.38. The SMILES string of the molecule is CC(C)=CCC/C(C)=C/CC/C(C)=C/Cc1c(O)cc2c(c1O)CN([C@@H](CCC(=O)O)C(=O)O)C2=O. The molecule has 1 atom stereocenters. The molecule has 1 amide bonds. The van der Waals surface area contributed by atoms with Gasteiger partial charge >= 0.3 is 11.9 Å². The number of nitrogens with zero attached hydrogens (tertiary/aromatic N) is 1. The molecule has 36 heavy (non-hydrogen) atoms. The fraction of sp³-hybridized carbons (Fsp3) is 0.464. The number of benzene rings is 1. The molecule has 0 spiro atoms. The summed E-state index contributed by atoms with van der Waals surface area (Å²) >= 11 is 0. The van der Waals surface area contributed by atoms with E-state index in [-0.39, 0.29) is 47.6 Å². The first-order valence-corrected chi connectivity index (χ1v) is 12.2. The molecule has 1 aliphatic heterocycles. The number of phenolic OH excluding ortho intramolecular Hbond substituents is 2. The van der Waals surface area contributed by atoms with Crippen molar-refractivity contribution in [2.75, 3.05) is 0 Å². The number of aromatic hydroxyl groups is 2. The van der Waals surface area contributed by atoms with Gasteiger partial charge in [-0.3, -0.25) is 9.59 Å². The number of phenols is 2. The maximum Gasteiger partial charge on any atom is 0.326 e. The van der Waals surface area contributed by atoms with Crippen molar-refractivity contribution in [1.82, 2.24) is 4.90 Å². The van der Waals surface area contributed by atoms with E-state index >= 15 is 0 Å². The monoisotopic (exact) mass is 499 g/mol. The zero-order valence-corrected chi connectivity index (χ0v) is 21.5. The molecule has 0 aromatic heterocycles. The molecule has 4 N–H and O–H groups in total. The van der Waals surface area contributed by atoms with Gasteiger partial charge in [-0.15, -0.1) is 0 Å². The van der Waals surface area contributed by atoms with Crippen LogP contribution in [0.5, 0.6) is 11.5 Å². The van der Waals surface area contributed by atoms with Crippen molar-refractivity contribution >= 4 is 17.8 Å². The van der Waals surface area contributed by atoms with E-state index in [1.165, 1.54) is 17.2 Å². The van der Waals surface area contributed by atoms with Crippen LogP contribution in [-0.2, 0) is 22.6 Å². The first-order valence-electron chi connectivity index (χ1n) is 12.2. The fourth-order valence-electron chi connectivity index (χ4n) is 4.23. The molecule has 0 bridgehead atoms. The summed E-state index contributed by atoms with van der Waals surface area (Å²) in [5.41, 5.74) is 4.30. The van der Waals surface area contributed by atoms with Gasteiger partial charge in [0.2, 0.25) is 0 Å². The first kappa shape index (κ1) is 28.7. The smallest absolute Gasteiger partial charge is 0.326 e. The molecule has 0 fully saturated rings. The lowest BCUT2D eigenvalue weighted by molar-refractivity contribution is -0.143. The van der Waals surface area contributed by atoms with Gasteiger partial charge in [-0.25, -0.2) is 4.79 Å². The molecule has 8 nitrogen and oxygen atoms in total. The van der Waals surface area contributed by atoms with E-state index in [2.05, 4.69) is 32.9 Å². The second-order valence-corrected chi connectivity index (χ2v) is 9.63. The topological polar surface area (TPSA) is 135 Å². The van der Waals surface area contributed by atoms with Gasteiger partial charge in [0.25, 0.3) is 5.91 Å². The van der Waals surface area contributed by atoms with Crippen molar-refractivity contribution in [2.24, 2.45) is 0 Å². The molecule has 0 saturated heterocycles. The average Bonchev–Trinajstić information content (AvgIpc) is 3.09. The highest BCUT2D eigenvalue weighted by molar-refractivity contribution is 6.02. The number of carbonyl (C=O) groups excluding carboxylic acids is 1. The molecule has 0 aliphatic carbocycles. The molecule has 8 heteroatoms. The van der Waals surface area contributed by atoms with Gasteiger partial charge in [0.05, 0.1) is 12.1 Å². The number of carboxylic acid groups (broad SMARTS) is 2. The molecule has 0 radical (unpaired) electrons. The Hall–Kier alpha value is -3.55. The van der Waals surface area contributed by atoms with Crippen LogP contribution >= 0.6 is 0 Å². The molecule has 1 aromatic carbocycles. The number of hydrogen-bond acceptors (Lipinski definition) is 5. The minimum atomic E-state index is -1.34. The Balaban J connectivity index is 2.10. The predicted molar refractivity (Wildman–Crippen MR) is 137 cm³/mol. The number of carbonyl (C=O) groups is 3. The summed E-state index contributed by atoms with van der Waals surface area (Å²) in [6.07, 6.45) is 9.76. The molecule has 2 rings (SSSR count). The van der Waals surface area contributed by atoms with E-state index in [0.717, 1.165) is 36.2 Å². The van der Waals surface area contributed by atoms with Crippen molar-refractivity contribution in [1.29, 1.82) is 0 Å². The van der Waals surface area contributed by atoms with E-state index < -0.39 is 30.3 Å². The largest absolute Gasteiger partial charge is 0.507 e. The van der Waals surface area contributed by atoms with Crippen LogP contribution in [0.4, 0.5) is 0 Å². The highest BCUT2D eigenvalue weighted by atomic mass is 16.4. The zero-order chi connectivity index (χ0) is 27.0. The highest BCUT2D eigenvalue weighted by Gasteiger charge is 2.39. The Morgan fingerprint density at radius 3 is 2.17 bits per heavy atom. The number of aliphatic carboxylic acids is 2. The van der Waals surface area contributed by atoms with Gasteiger partial charge in [-0.05, 0) is 72.3 Å². The molecule has 0 saturated carbocycles. The molecule has 0 unspecified atom stereocenters. The summed E-state index contributed by atoms with van der Waals surface area (Å²) in [5, 5.41) is 39.7. The van der Waals surface area contributed by atoms with Gasteiger partial charge < -0.3 is 25.3 Å². The molecule has 1 heterocycles. The van der Waals surface area contributed by atoms with Crippen molar-refractivity contribution in [3.63, 3.8) is 0 Å². The Bertz CT molecular complexity index is 1090. The Labute approximate surface area is 212 Å². The van der Waals surface area contributed by atoms with Crippen molar-refractivity contribution < 1.29 is 34.8 Å². The minimum Gasteiger partial charge on any atom is -0.507 e. The Kier molecular flexibility index (Phi) is 10.3. The van der Waals surface area contributed by atoms with Crippen LogP contribution in [0.15, 0.2) is 41.0 Å². The number of fused-ring (bicyclic) bond motifs is 1. The third-order valence-electron chi connectivity index (χ3n) is 6.38. The van der Waals surface area contributed by atoms with Gasteiger partial charge in [0, 0.05) is 17.5 Å². The summed E-state index contributed by atoms with van der Waals surface area (Å²) in [7, 11) is 0. The second-order valence-electron chi connectivity index (χ2n) is 9.63. The zero-order valence-electron chi connectivity index (χ0n) is 21.5. The molecule has 1 aliphatic rings. The van der Waals surface area contributed by atoms with Gasteiger partial charge in [0.1, 0.15) is 17.5 Å². The van der Waals surface area contributed by atoms with Crippen LogP contribution < -0.4 is 0 Å². The molecular formula is C28H37NO7. The highest BCUT2D eigenvalue weighted by Crippen LogP contribution is 2.40. The summed E-state index contributed by atoms with van der Waals surface area (Å²) < 4.78 is 0. The summed E-state index contributed by atoms with van der Waals surface area (Å²) in [4.78, 5) is 36.4. The number of amides is 1. The standard InChI is InChI=1S/C28H37NO7/c1-17(2)7-5-8-18(3)9-6-10-19(4)11-12-20-24(30)15-21-22(26(20)33)16-29(27(21)34)23(28(35)36)13-14-25(31)32/h7,9,11,15,23,30,33H,5-6,8,10,12-14,16H2,1-4H3,(H,31,32)(H,35,36)/b18-9+,19-11+/t23-/m0/s1. The Morgan fingerprint density at radius 1 is 0.972 bits per heavy atom. The van der Waals surface area contributed by atoms with Gasteiger partial charge in [-0.1, -0.05) is 34.9 Å². The molecule has 1 aromatic rings. The van der Waals surface area contributed by atoms with Gasteiger partial charge in [0.15, 0.2) is 0 Å². The number of allylic oxidation sites excluding steroid dienone is 6. The minimum absolute atomic E-state index is 0.0322.